The van der Waals surface area contributed by atoms with E-state index >= 15 is 0 Å². The molecular formula is C24H22O6. The average Bonchev–Trinajstić information content (AvgIpc) is 2.81. The minimum atomic E-state index is 0.534. The van der Waals surface area contributed by atoms with E-state index in [2.05, 4.69) is 0 Å². The molecule has 154 valence electrons. The van der Waals surface area contributed by atoms with Crippen molar-refractivity contribution in [2.45, 2.75) is 0 Å². The molecule has 0 spiro atoms. The van der Waals surface area contributed by atoms with Gasteiger partial charge in [-0.05, 0) is 68.7 Å². The van der Waals surface area contributed by atoms with Crippen molar-refractivity contribution >= 4 is 32.3 Å². The van der Waals surface area contributed by atoms with E-state index in [9.17, 15) is 0 Å². The lowest BCUT2D eigenvalue weighted by Crippen LogP contribution is -2.15. The van der Waals surface area contributed by atoms with Gasteiger partial charge in [-0.15, -0.1) is 0 Å². The third-order valence-corrected chi connectivity index (χ3v) is 5.60. The Kier molecular flexibility index (Phi) is 4.35. The van der Waals surface area contributed by atoms with Crippen molar-refractivity contribution in [1.29, 1.82) is 0 Å². The van der Waals surface area contributed by atoms with Crippen LogP contribution in [0, 0.1) is 0 Å². The zero-order valence-electron chi connectivity index (χ0n) is 17.3. The highest BCUT2D eigenvalue weighted by molar-refractivity contribution is 6.26. The molecule has 0 aromatic heterocycles. The Morgan fingerprint density at radius 3 is 1.00 bits per heavy atom. The lowest BCUT2D eigenvalue weighted by atomic mass is 9.93. The van der Waals surface area contributed by atoms with Crippen LogP contribution in [0.25, 0.3) is 32.3 Å². The quantitative estimate of drug-likeness (QED) is 0.447. The Morgan fingerprint density at radius 1 is 0.467 bits per heavy atom. The van der Waals surface area contributed by atoms with Crippen LogP contribution in [0.15, 0.2) is 36.4 Å². The molecule has 1 aliphatic rings. The van der Waals surface area contributed by atoms with Crippen LogP contribution in [0.2, 0.25) is 0 Å². The van der Waals surface area contributed by atoms with Crippen molar-refractivity contribution in [2.24, 2.45) is 0 Å². The standard InChI is InChI=1S/C24H22O6/c1-25-19-7-13-14-8-20(26-2)22(28-4)10-16(14)18-12-24-23(29-5-6-30-24)11-17(18)15(13)9-21(19)27-3/h7-12H,5-6H2,1-4H3. The fraction of sp³-hybridized carbons (Fsp3) is 0.250. The molecule has 0 aliphatic carbocycles. The zero-order chi connectivity index (χ0) is 20.8. The summed E-state index contributed by atoms with van der Waals surface area (Å²) in [5, 5.41) is 6.17. The predicted octanol–water partition coefficient (Wildman–Crippen LogP) is 4.95. The summed E-state index contributed by atoms with van der Waals surface area (Å²) >= 11 is 0. The van der Waals surface area contributed by atoms with Crippen LogP contribution in [-0.4, -0.2) is 41.7 Å². The van der Waals surface area contributed by atoms with Gasteiger partial charge in [0.2, 0.25) is 0 Å². The first-order chi connectivity index (χ1) is 14.7. The first-order valence-corrected chi connectivity index (χ1v) is 9.65. The lowest BCUT2D eigenvalue weighted by Gasteiger charge is -2.21. The largest absolute Gasteiger partial charge is 0.493 e. The average molecular weight is 406 g/mol. The minimum Gasteiger partial charge on any atom is -0.493 e. The smallest absolute Gasteiger partial charge is 0.162 e. The molecule has 4 aromatic carbocycles. The molecule has 0 bridgehead atoms. The molecule has 0 N–H and O–H groups in total. The molecule has 4 aromatic rings. The third-order valence-electron chi connectivity index (χ3n) is 5.60. The minimum absolute atomic E-state index is 0.534. The summed E-state index contributed by atoms with van der Waals surface area (Å²) in [5.74, 6) is 4.15. The molecule has 0 unspecified atom stereocenters. The SMILES string of the molecule is COc1cc2c3cc(OC)c(OC)cc3c3cc4c(cc3c2cc1OC)OCCO4. The molecule has 5 rings (SSSR count). The van der Waals surface area contributed by atoms with Crippen LogP contribution in [0.4, 0.5) is 0 Å². The Balaban J connectivity index is 2.01. The fourth-order valence-electron chi connectivity index (χ4n) is 4.18. The number of ether oxygens (including phenoxy) is 6. The van der Waals surface area contributed by atoms with E-state index < -0.39 is 0 Å². The zero-order valence-corrected chi connectivity index (χ0v) is 17.3. The van der Waals surface area contributed by atoms with E-state index in [1.165, 1.54) is 0 Å². The fourth-order valence-corrected chi connectivity index (χ4v) is 4.18. The van der Waals surface area contributed by atoms with Crippen LogP contribution in [-0.2, 0) is 0 Å². The number of hydrogen-bond donors (Lipinski definition) is 0. The van der Waals surface area contributed by atoms with Gasteiger partial charge in [-0.25, -0.2) is 0 Å². The monoisotopic (exact) mass is 406 g/mol. The van der Waals surface area contributed by atoms with E-state index in [1.807, 2.05) is 36.4 Å². The maximum absolute atomic E-state index is 5.85. The van der Waals surface area contributed by atoms with Gasteiger partial charge in [0, 0.05) is 0 Å². The summed E-state index contributed by atoms with van der Waals surface area (Å²) in [6, 6.07) is 12.1. The Morgan fingerprint density at radius 2 is 0.733 bits per heavy atom. The molecule has 6 heteroatoms. The van der Waals surface area contributed by atoms with Gasteiger partial charge in [0.1, 0.15) is 13.2 Å². The van der Waals surface area contributed by atoms with E-state index in [1.54, 1.807) is 28.4 Å². The van der Waals surface area contributed by atoms with Crippen molar-refractivity contribution in [1.82, 2.24) is 0 Å². The van der Waals surface area contributed by atoms with Crippen molar-refractivity contribution in [3.63, 3.8) is 0 Å². The first-order valence-electron chi connectivity index (χ1n) is 9.65. The maximum Gasteiger partial charge on any atom is 0.162 e. The summed E-state index contributed by atoms with van der Waals surface area (Å²) in [4.78, 5) is 0. The Bertz CT molecular complexity index is 1030. The Labute approximate surface area is 173 Å². The van der Waals surface area contributed by atoms with Gasteiger partial charge in [-0.1, -0.05) is 0 Å². The summed E-state index contributed by atoms with van der Waals surface area (Å²) in [7, 11) is 6.55. The normalized spacial score (nSPS) is 12.9. The molecule has 6 nitrogen and oxygen atoms in total. The molecule has 0 saturated heterocycles. The first kappa shape index (κ1) is 18.5. The summed E-state index contributed by atoms with van der Waals surface area (Å²) in [6.07, 6.45) is 0. The van der Waals surface area contributed by atoms with E-state index in [0.29, 0.717) is 36.2 Å². The number of fused-ring (bicyclic) bond motifs is 7. The van der Waals surface area contributed by atoms with Crippen molar-refractivity contribution in [3.05, 3.63) is 36.4 Å². The summed E-state index contributed by atoms with van der Waals surface area (Å²) < 4.78 is 34.0. The van der Waals surface area contributed by atoms with Gasteiger partial charge < -0.3 is 28.4 Å². The maximum atomic E-state index is 5.85. The number of methoxy groups -OCH3 is 4. The van der Waals surface area contributed by atoms with Crippen LogP contribution in [0.1, 0.15) is 0 Å². The van der Waals surface area contributed by atoms with Gasteiger partial charge in [-0.3, -0.25) is 0 Å². The molecular weight excluding hydrogens is 384 g/mol. The molecule has 1 heterocycles. The van der Waals surface area contributed by atoms with Gasteiger partial charge in [-0.2, -0.15) is 0 Å². The van der Waals surface area contributed by atoms with Gasteiger partial charge in [0.25, 0.3) is 0 Å². The molecule has 0 radical (unpaired) electrons. The lowest BCUT2D eigenvalue weighted by molar-refractivity contribution is 0.172. The van der Waals surface area contributed by atoms with Crippen LogP contribution >= 0.6 is 0 Å². The van der Waals surface area contributed by atoms with Crippen LogP contribution in [0.3, 0.4) is 0 Å². The molecule has 0 saturated carbocycles. The second kappa shape index (κ2) is 7.06. The van der Waals surface area contributed by atoms with Crippen molar-refractivity contribution in [3.8, 4) is 34.5 Å². The number of rotatable bonds is 4. The number of hydrogen-bond acceptors (Lipinski definition) is 6. The van der Waals surface area contributed by atoms with E-state index in [0.717, 1.165) is 43.8 Å². The molecule has 1 aliphatic heterocycles. The number of benzene rings is 4. The van der Waals surface area contributed by atoms with Gasteiger partial charge in [0.15, 0.2) is 34.5 Å². The van der Waals surface area contributed by atoms with Crippen molar-refractivity contribution in [2.75, 3.05) is 41.7 Å². The molecule has 0 atom stereocenters. The predicted molar refractivity (Wildman–Crippen MR) is 116 cm³/mol. The Hall–Kier alpha value is -3.54. The highest BCUT2D eigenvalue weighted by Crippen LogP contribution is 2.47. The highest BCUT2D eigenvalue weighted by atomic mass is 16.6. The molecule has 30 heavy (non-hydrogen) atoms. The van der Waals surface area contributed by atoms with Crippen molar-refractivity contribution < 1.29 is 28.4 Å². The van der Waals surface area contributed by atoms with E-state index in [4.69, 9.17) is 28.4 Å². The second-order valence-corrected chi connectivity index (χ2v) is 7.05. The van der Waals surface area contributed by atoms with Gasteiger partial charge in [0.05, 0.1) is 28.4 Å². The molecule has 0 amide bonds. The second-order valence-electron chi connectivity index (χ2n) is 7.05. The van der Waals surface area contributed by atoms with E-state index in [-0.39, 0.29) is 0 Å². The van der Waals surface area contributed by atoms with Crippen LogP contribution in [0.5, 0.6) is 34.5 Å². The summed E-state index contributed by atoms with van der Waals surface area (Å²) in [6.45, 7) is 1.07. The highest BCUT2D eigenvalue weighted by Gasteiger charge is 2.20. The summed E-state index contributed by atoms with van der Waals surface area (Å²) in [5.41, 5.74) is 0. The van der Waals surface area contributed by atoms with Crippen LogP contribution < -0.4 is 28.4 Å². The van der Waals surface area contributed by atoms with Gasteiger partial charge >= 0.3 is 0 Å². The topological polar surface area (TPSA) is 55.4 Å². The third kappa shape index (κ3) is 2.64. The molecule has 0 fully saturated rings.